The molecule has 6 heteroatoms. The van der Waals surface area contributed by atoms with Crippen LogP contribution in [0.3, 0.4) is 0 Å². The van der Waals surface area contributed by atoms with Gasteiger partial charge in [-0.1, -0.05) is 18.2 Å². The average Bonchev–Trinajstić information content (AvgIpc) is 3.26. The summed E-state index contributed by atoms with van der Waals surface area (Å²) in [4.78, 5) is 13.1. The Morgan fingerprint density at radius 1 is 1.29 bits per heavy atom. The Kier molecular flexibility index (Phi) is 5.08. The van der Waals surface area contributed by atoms with Crippen molar-refractivity contribution in [2.45, 2.75) is 6.54 Å². The van der Waals surface area contributed by atoms with Crippen LogP contribution in [0.25, 0.3) is 6.08 Å². The Bertz CT molecular complexity index is 820. The molecule has 1 aromatic carbocycles. The Morgan fingerprint density at radius 2 is 2.12 bits per heavy atom. The van der Waals surface area contributed by atoms with E-state index < -0.39 is 0 Å². The predicted molar refractivity (Wildman–Crippen MR) is 96.3 cm³/mol. The van der Waals surface area contributed by atoms with E-state index in [2.05, 4.69) is 10.4 Å². The van der Waals surface area contributed by atoms with Gasteiger partial charge in [-0.2, -0.15) is 5.10 Å². The number of ether oxygens (including phenoxy) is 1. The molecule has 0 saturated heterocycles. The van der Waals surface area contributed by atoms with Gasteiger partial charge in [0.1, 0.15) is 11.6 Å². The van der Waals surface area contributed by atoms with Crippen LogP contribution in [0.2, 0.25) is 0 Å². The van der Waals surface area contributed by atoms with Gasteiger partial charge in [0.2, 0.25) is 5.91 Å². The number of anilines is 1. The van der Waals surface area contributed by atoms with E-state index in [0.717, 1.165) is 16.2 Å². The Hall–Kier alpha value is -2.86. The second kappa shape index (κ2) is 7.61. The first kappa shape index (κ1) is 16.0. The molecule has 0 atom stereocenters. The molecular weight excluding hydrogens is 322 g/mol. The topological polar surface area (TPSA) is 56.1 Å². The first-order valence-corrected chi connectivity index (χ1v) is 8.30. The van der Waals surface area contributed by atoms with Gasteiger partial charge in [0.05, 0.1) is 19.9 Å². The van der Waals surface area contributed by atoms with Crippen molar-refractivity contribution < 1.29 is 9.53 Å². The fourth-order valence-corrected chi connectivity index (χ4v) is 2.80. The van der Waals surface area contributed by atoms with Crippen LogP contribution in [0.4, 0.5) is 5.82 Å². The summed E-state index contributed by atoms with van der Waals surface area (Å²) >= 11 is 1.59. The van der Waals surface area contributed by atoms with Crippen molar-refractivity contribution >= 4 is 29.1 Å². The molecule has 0 radical (unpaired) electrons. The second-order valence-corrected chi connectivity index (χ2v) is 6.04. The summed E-state index contributed by atoms with van der Waals surface area (Å²) in [5.74, 6) is 1.29. The van der Waals surface area contributed by atoms with Crippen LogP contribution in [0, 0.1) is 0 Å². The zero-order valence-electron chi connectivity index (χ0n) is 13.2. The molecule has 0 spiro atoms. The summed E-state index contributed by atoms with van der Waals surface area (Å²) in [5, 5.41) is 9.09. The maximum absolute atomic E-state index is 12.0. The minimum absolute atomic E-state index is 0.181. The molecule has 2 aromatic heterocycles. The zero-order chi connectivity index (χ0) is 16.8. The van der Waals surface area contributed by atoms with Gasteiger partial charge in [-0.05, 0) is 35.2 Å². The summed E-state index contributed by atoms with van der Waals surface area (Å²) < 4.78 is 6.90. The van der Waals surface area contributed by atoms with Crippen molar-refractivity contribution in [2.24, 2.45) is 0 Å². The number of rotatable bonds is 6. The lowest BCUT2D eigenvalue weighted by Gasteiger charge is -2.08. The molecule has 3 aromatic rings. The van der Waals surface area contributed by atoms with Crippen molar-refractivity contribution in [2.75, 3.05) is 12.4 Å². The first-order chi connectivity index (χ1) is 11.7. The number of hydrogen-bond acceptors (Lipinski definition) is 4. The van der Waals surface area contributed by atoms with E-state index in [0.29, 0.717) is 12.4 Å². The average molecular weight is 339 g/mol. The Balaban J connectivity index is 1.65. The molecule has 3 rings (SSSR count). The number of amides is 1. The summed E-state index contributed by atoms with van der Waals surface area (Å²) in [5.41, 5.74) is 1.07. The van der Waals surface area contributed by atoms with E-state index in [1.807, 2.05) is 41.8 Å². The molecule has 1 N–H and O–H groups in total. The zero-order valence-corrected chi connectivity index (χ0v) is 14.0. The van der Waals surface area contributed by atoms with Crippen molar-refractivity contribution in [3.05, 3.63) is 70.6 Å². The van der Waals surface area contributed by atoms with Gasteiger partial charge in [0, 0.05) is 17.0 Å². The van der Waals surface area contributed by atoms with E-state index in [4.69, 9.17) is 4.74 Å². The van der Waals surface area contributed by atoms with Gasteiger partial charge in [-0.15, -0.1) is 11.3 Å². The highest BCUT2D eigenvalue weighted by atomic mass is 32.1. The summed E-state index contributed by atoms with van der Waals surface area (Å²) in [6.45, 7) is 0.571. The third-order valence-electron chi connectivity index (χ3n) is 3.40. The van der Waals surface area contributed by atoms with Gasteiger partial charge in [-0.3, -0.25) is 4.79 Å². The van der Waals surface area contributed by atoms with E-state index >= 15 is 0 Å². The molecule has 1 amide bonds. The molecular formula is C18H17N3O2S. The lowest BCUT2D eigenvalue weighted by molar-refractivity contribution is -0.111. The molecule has 24 heavy (non-hydrogen) atoms. The maximum atomic E-state index is 12.0. The van der Waals surface area contributed by atoms with Crippen molar-refractivity contribution in [1.82, 2.24) is 9.78 Å². The highest BCUT2D eigenvalue weighted by Crippen LogP contribution is 2.15. The molecule has 0 unspecified atom stereocenters. The smallest absolute Gasteiger partial charge is 0.249 e. The van der Waals surface area contributed by atoms with Crippen molar-refractivity contribution in [1.29, 1.82) is 0 Å². The fourth-order valence-electron chi connectivity index (χ4n) is 2.18. The van der Waals surface area contributed by atoms with Crippen LogP contribution in [0.1, 0.15) is 10.4 Å². The number of carbonyl (C=O) groups excluding carboxylic acids is 1. The number of nitrogens with one attached hydrogen (secondary N) is 1. The summed E-state index contributed by atoms with van der Waals surface area (Å²) in [7, 11) is 1.64. The molecule has 5 nitrogen and oxygen atoms in total. The lowest BCUT2D eigenvalue weighted by atomic mass is 10.2. The third-order valence-corrected chi connectivity index (χ3v) is 4.24. The largest absolute Gasteiger partial charge is 0.497 e. The molecule has 0 bridgehead atoms. The second-order valence-electron chi connectivity index (χ2n) is 5.06. The highest BCUT2D eigenvalue weighted by Gasteiger charge is 2.06. The van der Waals surface area contributed by atoms with Gasteiger partial charge in [0.15, 0.2) is 0 Å². The summed E-state index contributed by atoms with van der Waals surface area (Å²) in [6.07, 6.45) is 4.99. The SMILES string of the molecule is COc1ccc(Cn2nccc2NC(=O)/C=C/c2cccs2)cc1. The van der Waals surface area contributed by atoms with Gasteiger partial charge >= 0.3 is 0 Å². The number of benzene rings is 1. The standard InChI is InChI=1S/C18H17N3O2S/c1-23-15-6-4-14(5-7-15)13-21-17(10-11-19-21)20-18(22)9-8-16-3-2-12-24-16/h2-12H,13H2,1H3,(H,20,22)/b9-8+. The van der Waals surface area contributed by atoms with Gasteiger partial charge < -0.3 is 10.1 Å². The van der Waals surface area contributed by atoms with Gasteiger partial charge in [0.25, 0.3) is 0 Å². The number of aromatic nitrogens is 2. The Labute approximate surface area is 144 Å². The molecule has 2 heterocycles. The number of thiophene rings is 1. The van der Waals surface area contributed by atoms with E-state index in [-0.39, 0.29) is 5.91 Å². The monoisotopic (exact) mass is 339 g/mol. The van der Waals surface area contributed by atoms with Gasteiger partial charge in [-0.25, -0.2) is 4.68 Å². The molecule has 122 valence electrons. The maximum Gasteiger partial charge on any atom is 0.249 e. The van der Waals surface area contributed by atoms with Crippen LogP contribution in [0.5, 0.6) is 5.75 Å². The molecule has 0 aliphatic carbocycles. The van der Waals surface area contributed by atoms with Crippen LogP contribution in [-0.4, -0.2) is 22.8 Å². The number of nitrogens with zero attached hydrogens (tertiary/aromatic N) is 2. The molecule has 0 saturated carbocycles. The number of carbonyl (C=O) groups is 1. The minimum atomic E-state index is -0.181. The lowest BCUT2D eigenvalue weighted by Crippen LogP contribution is -2.13. The van der Waals surface area contributed by atoms with E-state index in [1.54, 1.807) is 41.5 Å². The van der Waals surface area contributed by atoms with Crippen LogP contribution < -0.4 is 10.1 Å². The normalized spacial score (nSPS) is 10.9. The van der Waals surface area contributed by atoms with E-state index in [1.165, 1.54) is 6.08 Å². The van der Waals surface area contributed by atoms with Crippen molar-refractivity contribution in [3.63, 3.8) is 0 Å². The molecule has 0 aliphatic heterocycles. The minimum Gasteiger partial charge on any atom is -0.497 e. The quantitative estimate of drug-likeness (QED) is 0.697. The number of methoxy groups -OCH3 is 1. The van der Waals surface area contributed by atoms with E-state index in [9.17, 15) is 4.79 Å². The van der Waals surface area contributed by atoms with Crippen LogP contribution in [-0.2, 0) is 11.3 Å². The molecule has 0 fully saturated rings. The van der Waals surface area contributed by atoms with Crippen LogP contribution in [0.15, 0.2) is 60.1 Å². The summed E-state index contributed by atoms with van der Waals surface area (Å²) in [6, 6.07) is 13.4. The predicted octanol–water partition coefficient (Wildman–Crippen LogP) is 3.65. The highest BCUT2D eigenvalue weighted by molar-refractivity contribution is 7.10. The van der Waals surface area contributed by atoms with Crippen LogP contribution >= 0.6 is 11.3 Å². The third kappa shape index (κ3) is 4.11. The fraction of sp³-hybridized carbons (Fsp3) is 0.111. The molecule has 0 aliphatic rings. The van der Waals surface area contributed by atoms with Crippen molar-refractivity contribution in [3.8, 4) is 5.75 Å². The Morgan fingerprint density at radius 3 is 2.83 bits per heavy atom. The number of hydrogen-bond donors (Lipinski definition) is 1. The first-order valence-electron chi connectivity index (χ1n) is 7.42.